The van der Waals surface area contributed by atoms with Crippen LogP contribution in [0.15, 0.2) is 4.99 Å². The van der Waals surface area contributed by atoms with Crippen molar-refractivity contribution >= 4 is 11.7 Å². The first-order valence-electron chi connectivity index (χ1n) is 6.75. The van der Waals surface area contributed by atoms with Crippen LogP contribution in [0.25, 0.3) is 0 Å². The van der Waals surface area contributed by atoms with Gasteiger partial charge in [-0.3, -0.25) is 4.79 Å². The lowest BCUT2D eigenvalue weighted by molar-refractivity contribution is -0.121. The zero-order chi connectivity index (χ0) is 12.9. The number of nitrogens with two attached hydrogens (primary N) is 1. The third-order valence-corrected chi connectivity index (χ3v) is 3.32. The van der Waals surface area contributed by atoms with Gasteiger partial charge in [0.1, 0.15) is 5.84 Å². The minimum Gasteiger partial charge on any atom is -0.387 e. The second kappa shape index (κ2) is 6.18. The fourth-order valence-corrected chi connectivity index (χ4v) is 2.26. The van der Waals surface area contributed by atoms with Crippen molar-refractivity contribution < 1.29 is 4.79 Å². The highest BCUT2D eigenvalue weighted by atomic mass is 16.1. The van der Waals surface area contributed by atoms with Crippen LogP contribution >= 0.6 is 0 Å². The van der Waals surface area contributed by atoms with Crippen molar-refractivity contribution in [3.63, 3.8) is 0 Å². The molecule has 0 aliphatic heterocycles. The van der Waals surface area contributed by atoms with Gasteiger partial charge in [-0.05, 0) is 31.1 Å². The standard InChI is InChI=1S/C14H26N2O/c1-14(2,3)10-6-9-12(15)16-13(17)11-7-4-5-8-11/h11H,4-10H2,1-3H3,(H2,15,16,17). The Labute approximate surface area is 105 Å². The molecule has 17 heavy (non-hydrogen) atoms. The second-order valence-corrected chi connectivity index (χ2v) is 6.34. The first-order chi connectivity index (χ1) is 7.88. The molecule has 0 spiro atoms. The lowest BCUT2D eigenvalue weighted by atomic mass is 9.90. The maximum Gasteiger partial charge on any atom is 0.250 e. The minimum atomic E-state index is 0.00996. The number of carbonyl (C=O) groups is 1. The molecule has 0 aromatic rings. The van der Waals surface area contributed by atoms with Crippen LogP contribution in [0.2, 0.25) is 0 Å². The summed E-state index contributed by atoms with van der Waals surface area (Å²) in [5.74, 6) is 0.679. The zero-order valence-corrected chi connectivity index (χ0v) is 11.5. The number of amidine groups is 1. The van der Waals surface area contributed by atoms with E-state index in [9.17, 15) is 4.79 Å². The molecule has 0 heterocycles. The zero-order valence-electron chi connectivity index (χ0n) is 11.5. The molecule has 1 aliphatic carbocycles. The number of rotatable bonds is 4. The van der Waals surface area contributed by atoms with Gasteiger partial charge in [-0.1, -0.05) is 33.6 Å². The van der Waals surface area contributed by atoms with Gasteiger partial charge in [-0.15, -0.1) is 0 Å². The number of amides is 1. The summed E-state index contributed by atoms with van der Waals surface area (Å²) in [6.45, 7) is 6.64. The van der Waals surface area contributed by atoms with Gasteiger partial charge in [-0.2, -0.15) is 0 Å². The molecule has 98 valence electrons. The van der Waals surface area contributed by atoms with E-state index in [2.05, 4.69) is 25.8 Å². The Bertz CT molecular complexity index is 283. The highest BCUT2D eigenvalue weighted by Gasteiger charge is 2.22. The van der Waals surface area contributed by atoms with E-state index in [-0.39, 0.29) is 11.8 Å². The molecule has 0 saturated heterocycles. The van der Waals surface area contributed by atoms with Crippen LogP contribution in [0.1, 0.15) is 65.7 Å². The molecule has 0 atom stereocenters. The average Bonchev–Trinajstić information content (AvgIpc) is 2.67. The summed E-state index contributed by atoms with van der Waals surface area (Å²) in [4.78, 5) is 15.8. The van der Waals surface area contributed by atoms with Gasteiger partial charge in [-0.25, -0.2) is 4.99 Å². The number of carbonyl (C=O) groups excluding carboxylic acids is 1. The molecule has 1 fully saturated rings. The molecular weight excluding hydrogens is 212 g/mol. The van der Waals surface area contributed by atoms with Crippen molar-refractivity contribution in [2.75, 3.05) is 0 Å². The molecule has 1 aliphatic rings. The Hall–Kier alpha value is -0.860. The predicted molar refractivity (Wildman–Crippen MR) is 71.9 cm³/mol. The monoisotopic (exact) mass is 238 g/mol. The van der Waals surface area contributed by atoms with Gasteiger partial charge >= 0.3 is 0 Å². The molecule has 3 heteroatoms. The van der Waals surface area contributed by atoms with E-state index in [1.165, 1.54) is 0 Å². The summed E-state index contributed by atoms with van der Waals surface area (Å²) in [6, 6.07) is 0. The topological polar surface area (TPSA) is 55.4 Å². The van der Waals surface area contributed by atoms with Crippen LogP contribution in [-0.2, 0) is 4.79 Å². The van der Waals surface area contributed by atoms with Crippen LogP contribution in [-0.4, -0.2) is 11.7 Å². The fraction of sp³-hybridized carbons (Fsp3) is 0.857. The Balaban J connectivity index is 2.30. The summed E-state index contributed by atoms with van der Waals surface area (Å²) in [7, 11) is 0. The van der Waals surface area contributed by atoms with Gasteiger partial charge in [0.05, 0.1) is 0 Å². The summed E-state index contributed by atoms with van der Waals surface area (Å²) >= 11 is 0. The molecule has 0 radical (unpaired) electrons. The minimum absolute atomic E-state index is 0.00996. The van der Waals surface area contributed by atoms with Gasteiger partial charge in [0.2, 0.25) is 5.91 Å². The molecule has 1 rings (SSSR count). The summed E-state index contributed by atoms with van der Waals surface area (Å²) in [6.07, 6.45) is 7.19. The van der Waals surface area contributed by atoms with Crippen molar-refractivity contribution in [1.82, 2.24) is 0 Å². The van der Waals surface area contributed by atoms with E-state index in [1.807, 2.05) is 0 Å². The van der Waals surface area contributed by atoms with Crippen LogP contribution in [0.4, 0.5) is 0 Å². The number of nitrogens with zero attached hydrogens (tertiary/aromatic N) is 1. The molecule has 1 amide bonds. The predicted octanol–water partition coefficient (Wildman–Crippen LogP) is 3.28. The molecule has 0 bridgehead atoms. The van der Waals surface area contributed by atoms with Crippen molar-refractivity contribution in [1.29, 1.82) is 0 Å². The summed E-state index contributed by atoms with van der Waals surface area (Å²) in [5.41, 5.74) is 6.13. The van der Waals surface area contributed by atoms with E-state index < -0.39 is 0 Å². The molecule has 0 aromatic carbocycles. The van der Waals surface area contributed by atoms with E-state index >= 15 is 0 Å². The summed E-state index contributed by atoms with van der Waals surface area (Å²) in [5, 5.41) is 0. The number of aliphatic imine (C=N–C) groups is 1. The Morgan fingerprint density at radius 1 is 1.29 bits per heavy atom. The quantitative estimate of drug-likeness (QED) is 0.603. The lowest BCUT2D eigenvalue weighted by Crippen LogP contribution is -2.18. The largest absolute Gasteiger partial charge is 0.387 e. The van der Waals surface area contributed by atoms with Crippen LogP contribution < -0.4 is 5.73 Å². The van der Waals surface area contributed by atoms with E-state index in [1.54, 1.807) is 0 Å². The smallest absolute Gasteiger partial charge is 0.250 e. The first kappa shape index (κ1) is 14.2. The highest BCUT2D eigenvalue weighted by Crippen LogP contribution is 2.26. The molecular formula is C14H26N2O. The summed E-state index contributed by atoms with van der Waals surface area (Å²) < 4.78 is 0. The van der Waals surface area contributed by atoms with Gasteiger partial charge in [0.15, 0.2) is 0 Å². The van der Waals surface area contributed by atoms with Crippen LogP contribution in [0, 0.1) is 11.3 Å². The Morgan fingerprint density at radius 3 is 2.41 bits per heavy atom. The van der Waals surface area contributed by atoms with E-state index in [0.717, 1.165) is 44.9 Å². The fourth-order valence-electron chi connectivity index (χ4n) is 2.26. The second-order valence-electron chi connectivity index (χ2n) is 6.34. The highest BCUT2D eigenvalue weighted by molar-refractivity contribution is 5.94. The molecule has 0 aromatic heterocycles. The van der Waals surface area contributed by atoms with Crippen molar-refractivity contribution in [2.45, 2.75) is 65.7 Å². The molecule has 3 nitrogen and oxygen atoms in total. The normalized spacial score (nSPS) is 18.6. The van der Waals surface area contributed by atoms with E-state index in [4.69, 9.17) is 5.73 Å². The van der Waals surface area contributed by atoms with Gasteiger partial charge in [0, 0.05) is 12.3 Å². The first-order valence-corrected chi connectivity index (χ1v) is 6.75. The Kier molecular flexibility index (Phi) is 5.16. The van der Waals surface area contributed by atoms with Crippen molar-refractivity contribution in [3.8, 4) is 0 Å². The third-order valence-electron chi connectivity index (χ3n) is 3.32. The van der Waals surface area contributed by atoms with Gasteiger partial charge < -0.3 is 5.73 Å². The molecule has 1 saturated carbocycles. The van der Waals surface area contributed by atoms with E-state index in [0.29, 0.717) is 11.3 Å². The van der Waals surface area contributed by atoms with Crippen molar-refractivity contribution in [3.05, 3.63) is 0 Å². The van der Waals surface area contributed by atoms with Crippen LogP contribution in [0.3, 0.4) is 0 Å². The molecule has 0 unspecified atom stereocenters. The van der Waals surface area contributed by atoms with Crippen molar-refractivity contribution in [2.24, 2.45) is 22.1 Å². The third kappa shape index (κ3) is 5.85. The van der Waals surface area contributed by atoms with Gasteiger partial charge in [0.25, 0.3) is 0 Å². The maximum atomic E-state index is 11.7. The SMILES string of the molecule is CC(C)(C)CCCC(N)=NC(=O)C1CCCC1. The molecule has 2 N–H and O–H groups in total. The Morgan fingerprint density at radius 2 is 1.88 bits per heavy atom. The average molecular weight is 238 g/mol. The lowest BCUT2D eigenvalue weighted by Gasteiger charge is -2.17. The van der Waals surface area contributed by atoms with Crippen LogP contribution in [0.5, 0.6) is 0 Å². The number of hydrogen-bond donors (Lipinski definition) is 1. The maximum absolute atomic E-state index is 11.7. The number of hydrogen-bond acceptors (Lipinski definition) is 1.